The maximum atomic E-state index is 12.6. The molecule has 1 aromatic carbocycles. The van der Waals surface area contributed by atoms with Crippen molar-refractivity contribution >= 4 is 37.3 Å². The van der Waals surface area contributed by atoms with Gasteiger partial charge in [0, 0.05) is 9.70 Å². The van der Waals surface area contributed by atoms with Crippen LogP contribution in [0, 0.1) is 0 Å². The highest BCUT2D eigenvalue weighted by atomic mass is 79.9. The van der Waals surface area contributed by atoms with Crippen LogP contribution in [0.1, 0.15) is 29.0 Å². The van der Waals surface area contributed by atoms with Gasteiger partial charge in [-0.2, -0.15) is 0 Å². The molecule has 21 heavy (non-hydrogen) atoms. The van der Waals surface area contributed by atoms with Crippen LogP contribution in [0.25, 0.3) is 0 Å². The molecule has 0 amide bonds. The summed E-state index contributed by atoms with van der Waals surface area (Å²) in [7, 11) is -3.47. The molecule has 0 spiro atoms. The van der Waals surface area contributed by atoms with Crippen LogP contribution < -0.4 is 4.72 Å². The SMILES string of the molecule is CCc1ccc(S(=O)(=O)NC2c3ccccc3CC2Br)s1. The lowest BCUT2D eigenvalue weighted by Crippen LogP contribution is -2.31. The molecule has 2 unspecified atom stereocenters. The Morgan fingerprint density at radius 2 is 2.05 bits per heavy atom. The second-order valence-corrected chi connectivity index (χ2v) is 9.38. The lowest BCUT2D eigenvalue weighted by atomic mass is 10.1. The van der Waals surface area contributed by atoms with Gasteiger partial charge in [-0.3, -0.25) is 0 Å². The minimum absolute atomic E-state index is 0.0929. The monoisotopic (exact) mass is 385 g/mol. The Morgan fingerprint density at radius 3 is 2.76 bits per heavy atom. The highest BCUT2D eigenvalue weighted by molar-refractivity contribution is 9.09. The van der Waals surface area contributed by atoms with Crippen molar-refractivity contribution in [3.05, 3.63) is 52.4 Å². The van der Waals surface area contributed by atoms with E-state index in [0.29, 0.717) is 4.21 Å². The number of aryl methyl sites for hydroxylation is 1. The second kappa shape index (κ2) is 5.83. The first-order chi connectivity index (χ1) is 10.0. The third kappa shape index (κ3) is 2.95. The number of benzene rings is 1. The van der Waals surface area contributed by atoms with Crippen molar-refractivity contribution in [3.63, 3.8) is 0 Å². The molecule has 1 N–H and O–H groups in total. The number of nitrogens with one attached hydrogen (secondary N) is 1. The molecule has 0 radical (unpaired) electrons. The largest absolute Gasteiger partial charge is 0.250 e. The lowest BCUT2D eigenvalue weighted by molar-refractivity contribution is 0.561. The van der Waals surface area contributed by atoms with Crippen molar-refractivity contribution in [2.24, 2.45) is 0 Å². The van der Waals surface area contributed by atoms with E-state index in [-0.39, 0.29) is 10.9 Å². The number of rotatable bonds is 4. The van der Waals surface area contributed by atoms with Gasteiger partial charge in [0.05, 0.1) is 6.04 Å². The van der Waals surface area contributed by atoms with E-state index in [2.05, 4.69) is 26.7 Å². The van der Waals surface area contributed by atoms with E-state index in [1.165, 1.54) is 16.9 Å². The molecule has 6 heteroatoms. The summed E-state index contributed by atoms with van der Waals surface area (Å²) in [4.78, 5) is 1.17. The molecule has 1 aliphatic carbocycles. The molecule has 0 aliphatic heterocycles. The quantitative estimate of drug-likeness (QED) is 0.816. The third-order valence-corrected chi connectivity index (χ3v) is 7.71. The average Bonchev–Trinajstić information content (AvgIpc) is 3.05. The maximum absolute atomic E-state index is 12.6. The summed E-state index contributed by atoms with van der Waals surface area (Å²) in [5.74, 6) is 0. The molecule has 3 rings (SSSR count). The smallest absolute Gasteiger partial charge is 0.206 e. The molecule has 0 bridgehead atoms. The van der Waals surface area contributed by atoms with Gasteiger partial charge in [0.2, 0.25) is 0 Å². The minimum atomic E-state index is -3.47. The van der Waals surface area contributed by atoms with E-state index in [1.807, 2.05) is 31.2 Å². The summed E-state index contributed by atoms with van der Waals surface area (Å²) in [6, 6.07) is 11.4. The summed E-state index contributed by atoms with van der Waals surface area (Å²) >= 11 is 4.95. The summed E-state index contributed by atoms with van der Waals surface area (Å²) in [6.45, 7) is 2.03. The Morgan fingerprint density at radius 1 is 1.29 bits per heavy atom. The zero-order valence-corrected chi connectivity index (χ0v) is 14.8. The van der Waals surface area contributed by atoms with Gasteiger partial charge >= 0.3 is 0 Å². The van der Waals surface area contributed by atoms with Gasteiger partial charge in [0.15, 0.2) is 0 Å². The lowest BCUT2D eigenvalue weighted by Gasteiger charge is -2.17. The number of hydrogen-bond donors (Lipinski definition) is 1. The standard InChI is InChI=1S/C15H16BrNO2S2/c1-2-11-7-8-14(20-11)21(18,19)17-15-12-6-4-3-5-10(12)9-13(15)16/h3-8,13,15,17H,2,9H2,1H3. The van der Waals surface area contributed by atoms with Crippen LogP contribution in [0.15, 0.2) is 40.6 Å². The van der Waals surface area contributed by atoms with Crippen molar-refractivity contribution in [3.8, 4) is 0 Å². The molecule has 1 aliphatic rings. The van der Waals surface area contributed by atoms with Gasteiger partial charge < -0.3 is 0 Å². The van der Waals surface area contributed by atoms with Gasteiger partial charge in [-0.1, -0.05) is 47.1 Å². The Labute approximate surface area is 137 Å². The second-order valence-electron chi connectivity index (χ2n) is 5.09. The Balaban J connectivity index is 1.89. The van der Waals surface area contributed by atoms with E-state index in [1.54, 1.807) is 6.07 Å². The van der Waals surface area contributed by atoms with Crippen molar-refractivity contribution in [1.82, 2.24) is 4.72 Å². The number of hydrogen-bond acceptors (Lipinski definition) is 3. The molecule has 0 saturated carbocycles. The number of fused-ring (bicyclic) bond motifs is 1. The summed E-state index contributed by atoms with van der Waals surface area (Å²) in [5, 5.41) is 0. The van der Waals surface area contributed by atoms with Gasteiger partial charge in [0.25, 0.3) is 10.0 Å². The van der Waals surface area contributed by atoms with Crippen LogP contribution in [-0.4, -0.2) is 13.2 Å². The molecule has 0 fully saturated rings. The van der Waals surface area contributed by atoms with Crippen LogP contribution >= 0.6 is 27.3 Å². The van der Waals surface area contributed by atoms with Gasteiger partial charge in [0.1, 0.15) is 4.21 Å². The van der Waals surface area contributed by atoms with Crippen LogP contribution in [0.4, 0.5) is 0 Å². The van der Waals surface area contributed by atoms with Crippen molar-refractivity contribution < 1.29 is 8.42 Å². The summed E-state index contributed by atoms with van der Waals surface area (Å²) < 4.78 is 28.3. The highest BCUT2D eigenvalue weighted by Gasteiger charge is 2.34. The minimum Gasteiger partial charge on any atom is -0.206 e. The third-order valence-electron chi connectivity index (χ3n) is 3.70. The van der Waals surface area contributed by atoms with Crippen LogP contribution in [0.5, 0.6) is 0 Å². The molecule has 112 valence electrons. The fourth-order valence-corrected chi connectivity index (χ4v) is 6.11. The first-order valence-corrected chi connectivity index (χ1v) is 10.1. The van der Waals surface area contributed by atoms with E-state index in [0.717, 1.165) is 23.3 Å². The van der Waals surface area contributed by atoms with E-state index < -0.39 is 10.0 Å². The molecule has 3 nitrogen and oxygen atoms in total. The first kappa shape index (κ1) is 15.2. The molecule has 1 aromatic heterocycles. The molecular formula is C15H16BrNO2S2. The van der Waals surface area contributed by atoms with Crippen LogP contribution in [0.3, 0.4) is 0 Å². The van der Waals surface area contributed by atoms with Crippen molar-refractivity contribution in [2.75, 3.05) is 0 Å². The van der Waals surface area contributed by atoms with Crippen molar-refractivity contribution in [2.45, 2.75) is 34.8 Å². The van der Waals surface area contributed by atoms with E-state index in [4.69, 9.17) is 0 Å². The van der Waals surface area contributed by atoms with Gasteiger partial charge in [-0.05, 0) is 36.1 Å². The zero-order valence-electron chi connectivity index (χ0n) is 11.5. The average molecular weight is 386 g/mol. The van der Waals surface area contributed by atoms with Gasteiger partial charge in [-0.25, -0.2) is 13.1 Å². The highest BCUT2D eigenvalue weighted by Crippen LogP contribution is 2.37. The summed E-state index contributed by atoms with van der Waals surface area (Å²) in [6.07, 6.45) is 1.70. The predicted octanol–water partition coefficient (Wildman–Crippen LogP) is 3.65. The van der Waals surface area contributed by atoms with Crippen LogP contribution in [0.2, 0.25) is 0 Å². The number of alkyl halides is 1. The normalized spacial score (nSPS) is 21.4. The maximum Gasteiger partial charge on any atom is 0.250 e. The predicted molar refractivity (Wildman–Crippen MR) is 89.6 cm³/mol. The number of sulfonamides is 1. The Kier molecular flexibility index (Phi) is 4.23. The number of halogens is 1. The zero-order chi connectivity index (χ0) is 15.0. The van der Waals surface area contributed by atoms with E-state index >= 15 is 0 Å². The Hall–Kier alpha value is -0.690. The first-order valence-electron chi connectivity index (χ1n) is 6.84. The molecule has 2 aromatic rings. The van der Waals surface area contributed by atoms with E-state index in [9.17, 15) is 8.42 Å². The fourth-order valence-electron chi connectivity index (χ4n) is 2.60. The fraction of sp³-hybridized carbons (Fsp3) is 0.333. The van der Waals surface area contributed by atoms with Gasteiger partial charge in [-0.15, -0.1) is 11.3 Å². The topological polar surface area (TPSA) is 46.2 Å². The van der Waals surface area contributed by atoms with Crippen LogP contribution in [-0.2, 0) is 22.9 Å². The van der Waals surface area contributed by atoms with Crippen molar-refractivity contribution in [1.29, 1.82) is 0 Å². The number of thiophene rings is 1. The molecule has 2 atom stereocenters. The molecular weight excluding hydrogens is 370 g/mol. The molecule has 0 saturated heterocycles. The Bertz CT molecular complexity index is 755. The summed E-state index contributed by atoms with van der Waals surface area (Å²) in [5.41, 5.74) is 2.27. The molecule has 1 heterocycles.